The van der Waals surface area contributed by atoms with E-state index in [1.54, 1.807) is 36.7 Å². The van der Waals surface area contributed by atoms with E-state index in [4.69, 9.17) is 9.72 Å². The van der Waals surface area contributed by atoms with Gasteiger partial charge in [-0.1, -0.05) is 6.07 Å². The Bertz CT molecular complexity index is 1420. The predicted octanol–water partition coefficient (Wildman–Crippen LogP) is 5.78. The Kier molecular flexibility index (Phi) is 6.97. The molecular formula is C26H22F4N6O2. The molecule has 0 bridgehead atoms. The summed E-state index contributed by atoms with van der Waals surface area (Å²) in [4.78, 5) is 26.5. The van der Waals surface area contributed by atoms with Gasteiger partial charge in [-0.25, -0.2) is 14.2 Å². The van der Waals surface area contributed by atoms with E-state index < -0.39 is 23.6 Å². The number of anilines is 3. The molecule has 38 heavy (non-hydrogen) atoms. The fourth-order valence-corrected chi connectivity index (χ4v) is 4.05. The zero-order valence-electron chi connectivity index (χ0n) is 19.8. The van der Waals surface area contributed by atoms with Gasteiger partial charge in [0.15, 0.2) is 5.82 Å². The molecule has 0 aliphatic carbocycles. The number of benzene rings is 2. The molecule has 1 saturated heterocycles. The Morgan fingerprint density at radius 2 is 1.68 bits per heavy atom. The van der Waals surface area contributed by atoms with E-state index in [2.05, 4.69) is 20.6 Å². The number of hydrogen-bond acceptors (Lipinski definition) is 5. The second-order valence-electron chi connectivity index (χ2n) is 8.44. The fourth-order valence-electron chi connectivity index (χ4n) is 4.05. The number of nitrogens with zero attached hydrogens (tertiary/aromatic N) is 3. The number of halogens is 4. The Labute approximate surface area is 214 Å². The van der Waals surface area contributed by atoms with Gasteiger partial charge in [0.05, 0.1) is 30.2 Å². The maximum atomic E-state index is 15.7. The van der Waals surface area contributed by atoms with Gasteiger partial charge in [-0.05, 0) is 48.5 Å². The van der Waals surface area contributed by atoms with E-state index in [0.717, 1.165) is 29.8 Å². The lowest BCUT2D eigenvalue weighted by Crippen LogP contribution is -2.36. The number of hydrogen-bond donors (Lipinski definition) is 3. The average molecular weight is 526 g/mol. The minimum atomic E-state index is -4.49. The molecule has 1 fully saturated rings. The SMILES string of the molecule is O=C(Nc1ccc(C(F)(F)F)cc1)Nc1cccc(-c2nc(N3CCOCC3)[nH]c2-c2ccncc2)c1F. The summed E-state index contributed by atoms with van der Waals surface area (Å²) < 4.78 is 59.5. The highest BCUT2D eigenvalue weighted by molar-refractivity contribution is 6.00. The molecule has 1 aliphatic heterocycles. The highest BCUT2D eigenvalue weighted by Crippen LogP contribution is 2.36. The first-order valence-corrected chi connectivity index (χ1v) is 11.7. The number of rotatable bonds is 5. The van der Waals surface area contributed by atoms with Crippen molar-refractivity contribution in [3.63, 3.8) is 0 Å². The molecule has 0 radical (unpaired) electrons. The van der Waals surface area contributed by atoms with Gasteiger partial charge in [0, 0.05) is 42.3 Å². The quantitative estimate of drug-likeness (QED) is 0.287. The Hall–Kier alpha value is -4.45. The van der Waals surface area contributed by atoms with Gasteiger partial charge >= 0.3 is 12.2 Å². The van der Waals surface area contributed by atoms with Crippen molar-refractivity contribution in [1.29, 1.82) is 0 Å². The van der Waals surface area contributed by atoms with Crippen molar-refractivity contribution in [2.75, 3.05) is 41.8 Å². The van der Waals surface area contributed by atoms with Gasteiger partial charge in [-0.2, -0.15) is 13.2 Å². The first-order chi connectivity index (χ1) is 18.3. The summed E-state index contributed by atoms with van der Waals surface area (Å²) in [5.74, 6) is -0.154. The Balaban J connectivity index is 1.42. The summed E-state index contributed by atoms with van der Waals surface area (Å²) in [5.41, 5.74) is 0.988. The number of morpholine rings is 1. The van der Waals surface area contributed by atoms with Gasteiger partial charge in [-0.15, -0.1) is 0 Å². The monoisotopic (exact) mass is 526 g/mol. The fraction of sp³-hybridized carbons (Fsp3) is 0.192. The molecule has 2 aromatic heterocycles. The lowest BCUT2D eigenvalue weighted by Gasteiger charge is -2.26. The summed E-state index contributed by atoms with van der Waals surface area (Å²) in [7, 11) is 0. The Morgan fingerprint density at radius 3 is 2.37 bits per heavy atom. The maximum Gasteiger partial charge on any atom is 0.416 e. The van der Waals surface area contributed by atoms with Crippen LogP contribution in [0.15, 0.2) is 67.0 Å². The van der Waals surface area contributed by atoms with Gasteiger partial charge in [0.25, 0.3) is 0 Å². The number of pyridine rings is 1. The second kappa shape index (κ2) is 10.5. The summed E-state index contributed by atoms with van der Waals surface area (Å²) >= 11 is 0. The number of urea groups is 1. The molecule has 5 rings (SSSR count). The number of aromatic nitrogens is 3. The molecule has 2 amide bonds. The minimum Gasteiger partial charge on any atom is -0.378 e. The number of imidazole rings is 1. The van der Waals surface area contributed by atoms with Crippen LogP contribution in [0.5, 0.6) is 0 Å². The van der Waals surface area contributed by atoms with Crippen molar-refractivity contribution in [1.82, 2.24) is 15.0 Å². The maximum absolute atomic E-state index is 15.7. The third-order valence-electron chi connectivity index (χ3n) is 5.94. The first-order valence-electron chi connectivity index (χ1n) is 11.7. The van der Waals surface area contributed by atoms with Crippen LogP contribution >= 0.6 is 0 Å². The first kappa shape index (κ1) is 25.2. The molecule has 196 valence electrons. The third kappa shape index (κ3) is 5.44. The number of ether oxygens (including phenoxy) is 1. The van der Waals surface area contributed by atoms with E-state index in [9.17, 15) is 18.0 Å². The highest BCUT2D eigenvalue weighted by atomic mass is 19.4. The smallest absolute Gasteiger partial charge is 0.378 e. The van der Waals surface area contributed by atoms with Crippen LogP contribution in [0.4, 0.5) is 39.7 Å². The molecule has 12 heteroatoms. The molecular weight excluding hydrogens is 504 g/mol. The van der Waals surface area contributed by atoms with Crippen molar-refractivity contribution >= 4 is 23.4 Å². The second-order valence-corrected chi connectivity index (χ2v) is 8.44. The molecule has 3 N–H and O–H groups in total. The zero-order valence-corrected chi connectivity index (χ0v) is 19.8. The molecule has 3 heterocycles. The predicted molar refractivity (Wildman–Crippen MR) is 134 cm³/mol. The summed E-state index contributed by atoms with van der Waals surface area (Å²) in [6, 6.07) is 11.2. The number of alkyl halides is 3. The number of carbonyl (C=O) groups excluding carboxylic acids is 1. The number of carbonyl (C=O) groups is 1. The van der Waals surface area contributed by atoms with Crippen molar-refractivity contribution in [3.05, 3.63) is 78.4 Å². The van der Waals surface area contributed by atoms with Crippen molar-refractivity contribution < 1.29 is 27.1 Å². The third-order valence-corrected chi connectivity index (χ3v) is 5.94. The molecule has 4 aromatic rings. The van der Waals surface area contributed by atoms with E-state index in [-0.39, 0.29) is 16.9 Å². The molecule has 0 saturated carbocycles. The van der Waals surface area contributed by atoms with Crippen LogP contribution in [0, 0.1) is 5.82 Å². The summed E-state index contributed by atoms with van der Waals surface area (Å²) in [6.45, 7) is 2.33. The molecule has 0 spiro atoms. The lowest BCUT2D eigenvalue weighted by atomic mass is 10.0. The molecule has 1 aliphatic rings. The molecule has 0 atom stereocenters. The van der Waals surface area contributed by atoms with Gasteiger partial charge in [0.1, 0.15) is 5.69 Å². The molecule has 8 nitrogen and oxygen atoms in total. The van der Waals surface area contributed by atoms with E-state index in [1.807, 2.05) is 4.90 Å². The Morgan fingerprint density at radius 1 is 0.974 bits per heavy atom. The van der Waals surface area contributed by atoms with Crippen LogP contribution in [0.25, 0.3) is 22.5 Å². The van der Waals surface area contributed by atoms with Crippen LogP contribution in [-0.2, 0) is 10.9 Å². The topological polar surface area (TPSA) is 95.2 Å². The van der Waals surface area contributed by atoms with Crippen LogP contribution in [0.2, 0.25) is 0 Å². The van der Waals surface area contributed by atoms with E-state index >= 15 is 4.39 Å². The van der Waals surface area contributed by atoms with Crippen LogP contribution < -0.4 is 15.5 Å². The molecule has 2 aromatic carbocycles. The van der Waals surface area contributed by atoms with Crippen molar-refractivity contribution in [3.8, 4) is 22.5 Å². The largest absolute Gasteiger partial charge is 0.416 e. The summed E-state index contributed by atoms with van der Waals surface area (Å²) in [5, 5.41) is 4.83. The lowest BCUT2D eigenvalue weighted by molar-refractivity contribution is -0.137. The number of H-pyrrole nitrogens is 1. The van der Waals surface area contributed by atoms with Crippen LogP contribution in [0.1, 0.15) is 5.56 Å². The number of aromatic amines is 1. The van der Waals surface area contributed by atoms with Crippen molar-refractivity contribution in [2.24, 2.45) is 0 Å². The van der Waals surface area contributed by atoms with Crippen molar-refractivity contribution in [2.45, 2.75) is 6.18 Å². The van der Waals surface area contributed by atoms with Gasteiger partial charge in [-0.3, -0.25) is 4.98 Å². The van der Waals surface area contributed by atoms with Crippen LogP contribution in [0.3, 0.4) is 0 Å². The van der Waals surface area contributed by atoms with E-state index in [1.165, 1.54) is 6.07 Å². The van der Waals surface area contributed by atoms with Crippen LogP contribution in [-0.4, -0.2) is 47.3 Å². The van der Waals surface area contributed by atoms with E-state index in [0.29, 0.717) is 43.6 Å². The standard InChI is InChI=1S/C26H22F4N6O2/c27-21-19(2-1-3-20(21)33-25(37)32-18-6-4-17(5-7-18)26(28,29)30)23-22(16-8-10-31-11-9-16)34-24(35-23)36-12-14-38-15-13-36/h1-11H,12-15H2,(H,34,35)(H2,32,33,37). The number of amides is 2. The highest BCUT2D eigenvalue weighted by Gasteiger charge is 2.30. The zero-order chi connectivity index (χ0) is 26.7. The normalized spacial score (nSPS) is 13.8. The number of nitrogens with one attached hydrogen (secondary N) is 3. The van der Waals surface area contributed by atoms with Gasteiger partial charge in [0.2, 0.25) is 5.95 Å². The summed E-state index contributed by atoms with van der Waals surface area (Å²) in [6.07, 6.45) is -1.25. The minimum absolute atomic E-state index is 0.120. The molecule has 0 unspecified atom stereocenters. The average Bonchev–Trinajstić information content (AvgIpc) is 3.36. The van der Waals surface area contributed by atoms with Gasteiger partial charge < -0.3 is 25.3 Å².